The minimum atomic E-state index is -3.18. The van der Waals surface area contributed by atoms with Gasteiger partial charge in [-0.15, -0.1) is 0 Å². The van der Waals surface area contributed by atoms with E-state index in [1.807, 2.05) is 25.1 Å². The Labute approximate surface area is 140 Å². The third kappa shape index (κ3) is 3.27. The molecular formula is C15H21N5O3S. The van der Waals surface area contributed by atoms with E-state index in [1.54, 1.807) is 12.1 Å². The predicted molar refractivity (Wildman–Crippen MR) is 89.5 cm³/mol. The van der Waals surface area contributed by atoms with Crippen LogP contribution in [0.2, 0.25) is 0 Å². The van der Waals surface area contributed by atoms with E-state index in [9.17, 15) is 13.2 Å². The molecule has 0 atom stereocenters. The van der Waals surface area contributed by atoms with Crippen LogP contribution in [0.25, 0.3) is 5.69 Å². The van der Waals surface area contributed by atoms with Gasteiger partial charge in [0.15, 0.2) is 0 Å². The highest BCUT2D eigenvalue weighted by atomic mass is 32.2. The van der Waals surface area contributed by atoms with Crippen LogP contribution in [0, 0.1) is 0 Å². The Bertz CT molecular complexity index is 835. The summed E-state index contributed by atoms with van der Waals surface area (Å²) in [6, 6.07) is 8.99. The molecule has 0 bridgehead atoms. The quantitative estimate of drug-likeness (QED) is 0.795. The maximum atomic E-state index is 12.5. The minimum Gasteiger partial charge on any atom is -0.244 e. The second-order valence-corrected chi connectivity index (χ2v) is 7.99. The fourth-order valence-electron chi connectivity index (χ4n) is 2.97. The van der Waals surface area contributed by atoms with Crippen molar-refractivity contribution >= 4 is 10.0 Å². The van der Waals surface area contributed by atoms with E-state index >= 15 is 0 Å². The van der Waals surface area contributed by atoms with E-state index in [0.717, 1.165) is 0 Å². The molecule has 0 unspecified atom stereocenters. The highest BCUT2D eigenvalue weighted by Crippen LogP contribution is 2.22. The van der Waals surface area contributed by atoms with Crippen LogP contribution < -0.4 is 5.69 Å². The number of para-hydroxylation sites is 1. The van der Waals surface area contributed by atoms with Gasteiger partial charge in [0.1, 0.15) is 0 Å². The number of tetrazole rings is 1. The normalized spacial score (nSPS) is 17.2. The molecule has 2 heterocycles. The molecule has 9 heteroatoms. The third-order valence-corrected chi connectivity index (χ3v) is 6.30. The zero-order valence-electron chi connectivity index (χ0n) is 13.6. The monoisotopic (exact) mass is 351 g/mol. The first kappa shape index (κ1) is 16.8. The molecule has 1 fully saturated rings. The average molecular weight is 351 g/mol. The molecule has 8 nitrogen and oxygen atoms in total. The van der Waals surface area contributed by atoms with E-state index < -0.39 is 10.0 Å². The molecule has 0 spiro atoms. The molecule has 24 heavy (non-hydrogen) atoms. The Hall–Kier alpha value is -2.00. The lowest BCUT2D eigenvalue weighted by molar-refractivity contribution is 0.254. The van der Waals surface area contributed by atoms with Crippen LogP contribution in [0.3, 0.4) is 0 Å². The molecule has 0 radical (unpaired) electrons. The van der Waals surface area contributed by atoms with E-state index in [0.29, 0.717) is 38.0 Å². The van der Waals surface area contributed by atoms with Crippen molar-refractivity contribution in [2.45, 2.75) is 32.2 Å². The van der Waals surface area contributed by atoms with E-state index in [4.69, 9.17) is 0 Å². The van der Waals surface area contributed by atoms with Gasteiger partial charge >= 0.3 is 5.69 Å². The zero-order valence-corrected chi connectivity index (χ0v) is 14.4. The fourth-order valence-corrected chi connectivity index (χ4v) is 4.51. The van der Waals surface area contributed by atoms with Gasteiger partial charge in [-0.2, -0.15) is 9.36 Å². The van der Waals surface area contributed by atoms with Gasteiger partial charge in [-0.25, -0.2) is 17.5 Å². The summed E-state index contributed by atoms with van der Waals surface area (Å²) in [6.07, 6.45) is 1.74. The lowest BCUT2D eigenvalue weighted by Gasteiger charge is -2.30. The molecule has 2 aromatic rings. The molecule has 1 aromatic heterocycles. The Morgan fingerprint density at radius 2 is 1.79 bits per heavy atom. The first-order valence-corrected chi connectivity index (χ1v) is 9.71. The molecule has 0 aliphatic carbocycles. The summed E-state index contributed by atoms with van der Waals surface area (Å²) in [4.78, 5) is 12.5. The highest BCUT2D eigenvalue weighted by Gasteiger charge is 2.29. The summed E-state index contributed by atoms with van der Waals surface area (Å²) in [7, 11) is -3.18. The molecule has 1 aliphatic heterocycles. The predicted octanol–water partition coefficient (Wildman–Crippen LogP) is 0.806. The first-order valence-electron chi connectivity index (χ1n) is 8.10. The maximum Gasteiger partial charge on any atom is 0.368 e. The summed E-state index contributed by atoms with van der Waals surface area (Å²) >= 11 is 0. The molecule has 0 N–H and O–H groups in total. The van der Waals surface area contributed by atoms with Crippen molar-refractivity contribution < 1.29 is 8.42 Å². The Morgan fingerprint density at radius 3 is 2.42 bits per heavy atom. The number of nitrogens with zero attached hydrogens (tertiary/aromatic N) is 5. The van der Waals surface area contributed by atoms with E-state index in [1.165, 1.54) is 13.7 Å². The number of hydrogen-bond donors (Lipinski definition) is 0. The Morgan fingerprint density at radius 1 is 1.12 bits per heavy atom. The van der Waals surface area contributed by atoms with Gasteiger partial charge in [-0.1, -0.05) is 25.1 Å². The molecule has 1 saturated heterocycles. The summed E-state index contributed by atoms with van der Waals surface area (Å²) in [5.74, 6) is 0.168. The molecule has 3 rings (SSSR count). The minimum absolute atomic E-state index is 0.122. The van der Waals surface area contributed by atoms with Crippen LogP contribution in [-0.4, -0.2) is 51.4 Å². The second-order valence-electron chi connectivity index (χ2n) is 5.90. The van der Waals surface area contributed by atoms with Gasteiger partial charge in [-0.05, 0) is 41.8 Å². The summed E-state index contributed by atoms with van der Waals surface area (Å²) in [6.45, 7) is 2.68. The number of aromatic nitrogens is 4. The largest absolute Gasteiger partial charge is 0.368 e. The van der Waals surface area contributed by atoms with Crippen LogP contribution in [0.15, 0.2) is 35.1 Å². The van der Waals surface area contributed by atoms with Crippen LogP contribution in [0.5, 0.6) is 0 Å². The van der Waals surface area contributed by atoms with Crippen molar-refractivity contribution in [3.05, 3.63) is 40.8 Å². The first-order chi connectivity index (χ1) is 11.5. The standard InChI is InChI=1S/C15H21N5O3S/c1-2-12-24(22,23)18-10-8-14(9-11-18)20-15(21)19(16-17-20)13-6-4-3-5-7-13/h3-7,14H,2,8-12H2,1H3. The van der Waals surface area contributed by atoms with Gasteiger partial charge < -0.3 is 0 Å². The van der Waals surface area contributed by atoms with Crippen LogP contribution >= 0.6 is 0 Å². The molecular weight excluding hydrogens is 330 g/mol. The van der Waals surface area contributed by atoms with Crippen molar-refractivity contribution in [2.24, 2.45) is 0 Å². The van der Waals surface area contributed by atoms with Crippen molar-refractivity contribution in [3.63, 3.8) is 0 Å². The lowest BCUT2D eigenvalue weighted by Crippen LogP contribution is -2.42. The molecule has 130 valence electrons. The summed E-state index contributed by atoms with van der Waals surface area (Å²) < 4.78 is 28.4. The Balaban J connectivity index is 1.74. The van der Waals surface area contributed by atoms with E-state index in [2.05, 4.69) is 10.4 Å². The average Bonchev–Trinajstić information content (AvgIpc) is 2.97. The van der Waals surface area contributed by atoms with Crippen molar-refractivity contribution in [2.75, 3.05) is 18.8 Å². The van der Waals surface area contributed by atoms with Gasteiger partial charge in [-0.3, -0.25) is 0 Å². The molecule has 1 aromatic carbocycles. The topological polar surface area (TPSA) is 90.1 Å². The van der Waals surface area contributed by atoms with Gasteiger partial charge in [0.05, 0.1) is 17.5 Å². The number of piperidine rings is 1. The SMILES string of the molecule is CCCS(=O)(=O)N1CCC(n2nnn(-c3ccccc3)c2=O)CC1. The second kappa shape index (κ2) is 6.86. The lowest BCUT2D eigenvalue weighted by atomic mass is 10.1. The summed E-state index contributed by atoms with van der Waals surface area (Å²) in [5.41, 5.74) is 0.368. The molecule has 1 aliphatic rings. The fraction of sp³-hybridized carbons (Fsp3) is 0.533. The molecule has 0 saturated carbocycles. The number of benzene rings is 1. The van der Waals surface area contributed by atoms with Gasteiger partial charge in [0.25, 0.3) is 0 Å². The number of sulfonamides is 1. The van der Waals surface area contributed by atoms with Crippen LogP contribution in [0.4, 0.5) is 0 Å². The zero-order chi connectivity index (χ0) is 17.2. The van der Waals surface area contributed by atoms with Crippen LogP contribution in [-0.2, 0) is 10.0 Å². The van der Waals surface area contributed by atoms with Crippen molar-refractivity contribution in [1.29, 1.82) is 0 Å². The number of rotatable bonds is 5. The summed E-state index contributed by atoms with van der Waals surface area (Å²) in [5, 5.41) is 7.93. The molecule has 0 amide bonds. The number of hydrogen-bond acceptors (Lipinski definition) is 5. The maximum absolute atomic E-state index is 12.5. The Kier molecular flexibility index (Phi) is 4.81. The van der Waals surface area contributed by atoms with Gasteiger partial charge in [0, 0.05) is 13.1 Å². The smallest absolute Gasteiger partial charge is 0.244 e. The van der Waals surface area contributed by atoms with Crippen LogP contribution in [0.1, 0.15) is 32.2 Å². The van der Waals surface area contributed by atoms with E-state index in [-0.39, 0.29) is 17.5 Å². The third-order valence-electron chi connectivity index (χ3n) is 4.23. The highest BCUT2D eigenvalue weighted by molar-refractivity contribution is 7.89. The van der Waals surface area contributed by atoms with Gasteiger partial charge in [0.2, 0.25) is 10.0 Å². The van der Waals surface area contributed by atoms with Crippen molar-refractivity contribution in [1.82, 2.24) is 24.1 Å². The van der Waals surface area contributed by atoms with Crippen molar-refractivity contribution in [3.8, 4) is 5.69 Å².